The Bertz CT molecular complexity index is 1370. The van der Waals surface area contributed by atoms with Gasteiger partial charge in [-0.15, -0.1) is 0 Å². The van der Waals surface area contributed by atoms with Crippen LogP contribution < -0.4 is 14.4 Å². The molecular weight excluding hydrogens is 538 g/mol. The summed E-state index contributed by atoms with van der Waals surface area (Å²) in [5.74, 6) is -0.134. The van der Waals surface area contributed by atoms with Crippen LogP contribution in [0.1, 0.15) is 26.3 Å². The van der Waals surface area contributed by atoms with Crippen molar-refractivity contribution in [3.8, 4) is 5.75 Å². The maximum absolute atomic E-state index is 13.9. The lowest BCUT2D eigenvalue weighted by atomic mass is 10.1. The molecule has 0 fully saturated rings. The second kappa shape index (κ2) is 13.5. The Morgan fingerprint density at radius 2 is 1.62 bits per heavy atom. The Hall–Kier alpha value is -3.56. The number of anilines is 1. The minimum atomic E-state index is -4.19. The molecule has 10 heteroatoms. The molecule has 2 amide bonds. The summed E-state index contributed by atoms with van der Waals surface area (Å²) in [6, 6.07) is 20.6. The number of benzene rings is 3. The lowest BCUT2D eigenvalue weighted by Gasteiger charge is -2.32. The predicted molar refractivity (Wildman–Crippen MR) is 153 cm³/mol. The topological polar surface area (TPSA) is 96.0 Å². The molecule has 0 saturated heterocycles. The minimum Gasteiger partial charge on any atom is -0.497 e. The average molecular weight is 572 g/mol. The fourth-order valence-corrected chi connectivity index (χ4v) is 5.44. The van der Waals surface area contributed by atoms with Crippen LogP contribution in [0.2, 0.25) is 5.02 Å². The van der Waals surface area contributed by atoms with Gasteiger partial charge in [0.15, 0.2) is 0 Å². The van der Waals surface area contributed by atoms with Crippen molar-refractivity contribution in [3.05, 3.63) is 89.4 Å². The van der Waals surface area contributed by atoms with Gasteiger partial charge in [0.25, 0.3) is 10.0 Å². The zero-order valence-electron chi connectivity index (χ0n) is 22.5. The van der Waals surface area contributed by atoms with Crippen LogP contribution in [0.3, 0.4) is 0 Å². The van der Waals surface area contributed by atoms with Crippen LogP contribution in [0.4, 0.5) is 5.69 Å². The quantitative estimate of drug-likeness (QED) is 0.339. The molecule has 3 aromatic rings. The van der Waals surface area contributed by atoms with Gasteiger partial charge in [0.2, 0.25) is 11.8 Å². The van der Waals surface area contributed by atoms with Gasteiger partial charge in [0.1, 0.15) is 18.3 Å². The van der Waals surface area contributed by atoms with Crippen molar-refractivity contribution in [2.24, 2.45) is 5.92 Å². The second-order valence-corrected chi connectivity index (χ2v) is 11.8. The number of ether oxygens (including phenoxy) is 1. The Morgan fingerprint density at radius 3 is 2.21 bits per heavy atom. The van der Waals surface area contributed by atoms with Crippen molar-refractivity contribution in [1.82, 2.24) is 10.2 Å². The van der Waals surface area contributed by atoms with Crippen LogP contribution in [0.5, 0.6) is 5.75 Å². The van der Waals surface area contributed by atoms with E-state index in [1.165, 1.54) is 42.3 Å². The molecule has 0 saturated carbocycles. The summed E-state index contributed by atoms with van der Waals surface area (Å²) in [6.07, 6.45) is 0. The summed E-state index contributed by atoms with van der Waals surface area (Å²) >= 11 is 6.20. The fourth-order valence-electron chi connectivity index (χ4n) is 3.85. The number of nitrogens with zero attached hydrogens (tertiary/aromatic N) is 2. The first-order valence-electron chi connectivity index (χ1n) is 12.6. The van der Waals surface area contributed by atoms with E-state index in [0.717, 1.165) is 9.87 Å². The standard InChI is InChI=1S/C29H34ClN3O5S/c1-21(2)18-31-29(35)22(3)32(19-23-9-6-5-7-10-23)28(34)20-33(25-12-8-11-24(30)17-25)39(36,37)27-15-13-26(38-4)14-16-27/h5-17,21-22H,18-20H2,1-4H3,(H,31,35)/t22-/m1/s1. The van der Waals surface area contributed by atoms with Crippen LogP contribution in [-0.2, 0) is 26.2 Å². The van der Waals surface area contributed by atoms with Crippen molar-refractivity contribution in [2.75, 3.05) is 24.5 Å². The highest BCUT2D eigenvalue weighted by molar-refractivity contribution is 7.92. The van der Waals surface area contributed by atoms with Gasteiger partial charge < -0.3 is 15.0 Å². The SMILES string of the molecule is COc1ccc(S(=O)(=O)N(CC(=O)N(Cc2ccccc2)[C@H](C)C(=O)NCC(C)C)c2cccc(Cl)c2)cc1. The Balaban J connectivity index is 2.00. The first-order valence-corrected chi connectivity index (χ1v) is 14.4. The Labute approximate surface area is 235 Å². The number of hydrogen-bond acceptors (Lipinski definition) is 5. The van der Waals surface area contributed by atoms with Gasteiger partial charge in [-0.05, 0) is 60.9 Å². The molecule has 0 spiro atoms. The molecule has 208 valence electrons. The van der Waals surface area contributed by atoms with E-state index in [-0.39, 0.29) is 29.0 Å². The van der Waals surface area contributed by atoms with Gasteiger partial charge in [-0.25, -0.2) is 8.42 Å². The van der Waals surface area contributed by atoms with Crippen LogP contribution in [-0.4, -0.2) is 51.4 Å². The van der Waals surface area contributed by atoms with Crippen molar-refractivity contribution < 1.29 is 22.7 Å². The van der Waals surface area contributed by atoms with E-state index < -0.39 is 28.5 Å². The summed E-state index contributed by atoms with van der Waals surface area (Å²) in [6.45, 7) is 5.63. The normalized spacial score (nSPS) is 12.1. The van der Waals surface area contributed by atoms with Crippen molar-refractivity contribution in [2.45, 2.75) is 38.3 Å². The number of sulfonamides is 1. The minimum absolute atomic E-state index is 0.0200. The monoisotopic (exact) mass is 571 g/mol. The first kappa shape index (κ1) is 30.0. The van der Waals surface area contributed by atoms with Crippen molar-refractivity contribution in [3.63, 3.8) is 0 Å². The third-order valence-electron chi connectivity index (χ3n) is 6.07. The van der Waals surface area contributed by atoms with Gasteiger partial charge in [0.05, 0.1) is 17.7 Å². The highest BCUT2D eigenvalue weighted by Crippen LogP contribution is 2.27. The van der Waals surface area contributed by atoms with Gasteiger partial charge in [0, 0.05) is 18.1 Å². The molecular formula is C29H34ClN3O5S. The molecule has 0 aromatic heterocycles. The van der Waals surface area contributed by atoms with Crippen LogP contribution >= 0.6 is 11.6 Å². The third kappa shape index (κ3) is 7.97. The number of methoxy groups -OCH3 is 1. The maximum atomic E-state index is 13.9. The highest BCUT2D eigenvalue weighted by Gasteiger charge is 2.32. The molecule has 8 nitrogen and oxygen atoms in total. The highest BCUT2D eigenvalue weighted by atomic mass is 35.5. The fraction of sp³-hybridized carbons (Fsp3) is 0.310. The molecule has 1 N–H and O–H groups in total. The van der Waals surface area contributed by atoms with E-state index in [1.807, 2.05) is 44.2 Å². The molecule has 39 heavy (non-hydrogen) atoms. The number of hydrogen-bond donors (Lipinski definition) is 1. The lowest BCUT2D eigenvalue weighted by Crippen LogP contribution is -2.51. The zero-order valence-corrected chi connectivity index (χ0v) is 24.1. The Kier molecular flexibility index (Phi) is 10.4. The number of carbonyl (C=O) groups excluding carboxylic acids is 2. The summed E-state index contributed by atoms with van der Waals surface area (Å²) < 4.78 is 33.8. The molecule has 0 aliphatic rings. The van der Waals surface area contributed by atoms with Crippen LogP contribution in [0.15, 0.2) is 83.8 Å². The van der Waals surface area contributed by atoms with Gasteiger partial charge >= 0.3 is 0 Å². The molecule has 0 aliphatic carbocycles. The molecule has 0 aliphatic heterocycles. The third-order valence-corrected chi connectivity index (χ3v) is 8.09. The zero-order chi connectivity index (χ0) is 28.6. The summed E-state index contributed by atoms with van der Waals surface area (Å²) in [5.41, 5.74) is 1.03. The number of nitrogens with one attached hydrogen (secondary N) is 1. The molecule has 0 radical (unpaired) electrons. The molecule has 0 unspecified atom stereocenters. The second-order valence-electron chi connectivity index (χ2n) is 9.49. The van der Waals surface area contributed by atoms with Gasteiger partial charge in [-0.2, -0.15) is 0 Å². The van der Waals surface area contributed by atoms with Gasteiger partial charge in [-0.3, -0.25) is 13.9 Å². The van der Waals surface area contributed by atoms with E-state index >= 15 is 0 Å². The molecule has 0 bridgehead atoms. The van der Waals surface area contributed by atoms with Crippen LogP contribution in [0.25, 0.3) is 0 Å². The molecule has 1 atom stereocenters. The molecule has 3 aromatic carbocycles. The lowest BCUT2D eigenvalue weighted by molar-refractivity contribution is -0.139. The maximum Gasteiger partial charge on any atom is 0.264 e. The molecule has 0 heterocycles. The predicted octanol–water partition coefficient (Wildman–Crippen LogP) is 4.73. The number of rotatable bonds is 12. The first-order chi connectivity index (χ1) is 18.5. The van der Waals surface area contributed by atoms with Crippen molar-refractivity contribution in [1.29, 1.82) is 0 Å². The van der Waals surface area contributed by atoms with E-state index in [4.69, 9.17) is 16.3 Å². The van der Waals surface area contributed by atoms with Crippen LogP contribution in [0, 0.1) is 5.92 Å². The number of carbonyl (C=O) groups is 2. The summed E-state index contributed by atoms with van der Waals surface area (Å²) in [7, 11) is -2.71. The number of halogens is 1. The van der Waals surface area contributed by atoms with Crippen molar-refractivity contribution >= 4 is 39.1 Å². The van der Waals surface area contributed by atoms with Gasteiger partial charge in [-0.1, -0.05) is 61.8 Å². The van der Waals surface area contributed by atoms with E-state index in [1.54, 1.807) is 25.1 Å². The summed E-state index contributed by atoms with van der Waals surface area (Å²) in [4.78, 5) is 28.2. The smallest absolute Gasteiger partial charge is 0.264 e. The average Bonchev–Trinajstić information content (AvgIpc) is 2.93. The van der Waals surface area contributed by atoms with E-state index in [9.17, 15) is 18.0 Å². The number of amides is 2. The summed E-state index contributed by atoms with van der Waals surface area (Å²) in [5, 5.41) is 3.19. The van der Waals surface area contributed by atoms with E-state index in [0.29, 0.717) is 17.3 Å². The largest absolute Gasteiger partial charge is 0.497 e. The molecule has 3 rings (SSSR count). The van der Waals surface area contributed by atoms with E-state index in [2.05, 4.69) is 5.32 Å². The Morgan fingerprint density at radius 1 is 0.949 bits per heavy atom.